The number of nitro groups is 1. The number of ether oxygens (including phenoxy) is 1. The predicted octanol–water partition coefficient (Wildman–Crippen LogP) is 2.28. The molecule has 0 fully saturated rings. The molecule has 0 heterocycles. The van der Waals surface area contributed by atoms with Crippen LogP contribution in [-0.2, 0) is 19.4 Å². The van der Waals surface area contributed by atoms with Gasteiger partial charge in [-0.15, -0.1) is 0 Å². The summed E-state index contributed by atoms with van der Waals surface area (Å²) >= 11 is 0. The molecular weight excluding hydrogens is 394 g/mol. The van der Waals surface area contributed by atoms with Crippen LogP contribution in [-0.4, -0.2) is 43.1 Å². The Morgan fingerprint density at radius 2 is 1.89 bits per heavy atom. The third kappa shape index (κ3) is 10.2. The van der Waals surface area contributed by atoms with Gasteiger partial charge < -0.3 is 15.8 Å². The van der Waals surface area contributed by atoms with E-state index < -0.39 is 15.3 Å². The summed E-state index contributed by atoms with van der Waals surface area (Å²) in [6.07, 6.45) is 2.27. The Labute approximate surface area is 164 Å². The summed E-state index contributed by atoms with van der Waals surface area (Å²) in [5.74, 6) is 0.00736. The van der Waals surface area contributed by atoms with Crippen molar-refractivity contribution in [1.82, 2.24) is 0 Å². The van der Waals surface area contributed by atoms with Gasteiger partial charge in [0.25, 0.3) is 5.69 Å². The van der Waals surface area contributed by atoms with Crippen LogP contribution in [0.25, 0.3) is 0 Å². The lowest BCUT2D eigenvalue weighted by atomic mass is 9.91. The number of non-ortho nitro benzene ring substituents is 1. The predicted molar refractivity (Wildman–Crippen MR) is 104 cm³/mol. The molecule has 1 aromatic carbocycles. The molecule has 11 nitrogen and oxygen atoms in total. The van der Waals surface area contributed by atoms with E-state index in [0.29, 0.717) is 18.7 Å². The zero-order valence-electron chi connectivity index (χ0n) is 16.3. The second-order valence-corrected chi connectivity index (χ2v) is 7.07. The van der Waals surface area contributed by atoms with E-state index in [4.69, 9.17) is 15.0 Å². The van der Waals surface area contributed by atoms with Crippen molar-refractivity contribution in [3.05, 3.63) is 28.3 Å². The Kier molecular flexibility index (Phi) is 10.6. The lowest BCUT2D eigenvalue weighted by Crippen LogP contribution is -2.39. The highest BCUT2D eigenvalue weighted by Crippen LogP contribution is 2.30. The summed E-state index contributed by atoms with van der Waals surface area (Å²) in [6.45, 7) is 5.72. The largest absolute Gasteiger partial charge is 0.491 e. The Hall–Kier alpha value is -2.28. The molecule has 0 aliphatic rings. The summed E-state index contributed by atoms with van der Waals surface area (Å²) in [7, 11) is -3.29. The molecule has 0 atom stereocenters. The molecule has 0 spiro atoms. The van der Waals surface area contributed by atoms with E-state index >= 15 is 0 Å². The molecule has 0 saturated carbocycles. The number of carbonyl (C=O) groups excluding carboxylic acids is 1. The van der Waals surface area contributed by atoms with Gasteiger partial charge in [0, 0.05) is 18.5 Å². The lowest BCUT2D eigenvalue weighted by Gasteiger charge is -2.26. The monoisotopic (exact) mass is 421 g/mol. The van der Waals surface area contributed by atoms with Gasteiger partial charge in [-0.25, -0.2) is 0 Å². The second-order valence-electron chi connectivity index (χ2n) is 5.88. The first kappa shape index (κ1) is 25.7. The van der Waals surface area contributed by atoms with E-state index in [1.54, 1.807) is 0 Å². The third-order valence-corrected chi connectivity index (χ3v) is 4.38. The molecular formula is C16H27N3O8S. The van der Waals surface area contributed by atoms with E-state index in [1.807, 2.05) is 13.8 Å². The van der Waals surface area contributed by atoms with E-state index in [9.17, 15) is 23.3 Å². The zero-order valence-corrected chi connectivity index (χ0v) is 17.1. The highest BCUT2D eigenvalue weighted by molar-refractivity contribution is 7.80. The van der Waals surface area contributed by atoms with Crippen molar-refractivity contribution in [3.8, 4) is 5.75 Å². The maximum absolute atomic E-state index is 11.2. The molecule has 1 rings (SSSR count). The maximum Gasteiger partial charge on any atom is 0.397 e. The standard InChI is InChI=1S/C15H23N3O4.CH4O4S/c1-4-15(16,5-2)8-9-22-14-10-12(18(20)21)6-7-13(14)17-11(3)19;1-5-6(2,3)4/h6-7,10H,4-5,8-9,16H2,1-3H3,(H,17,19);1H3,(H,2,3,4). The third-order valence-electron chi connectivity index (χ3n) is 3.96. The second kappa shape index (κ2) is 11.5. The molecule has 0 aliphatic heterocycles. The first-order chi connectivity index (χ1) is 12.9. The van der Waals surface area contributed by atoms with Gasteiger partial charge in [-0.05, 0) is 25.3 Å². The Bertz CT molecular complexity index is 763. The van der Waals surface area contributed by atoms with Crippen LogP contribution < -0.4 is 15.8 Å². The number of nitrogens with two attached hydrogens (primary N) is 1. The summed E-state index contributed by atoms with van der Waals surface area (Å²) in [5, 5.41) is 13.5. The molecule has 12 heteroatoms. The van der Waals surface area contributed by atoms with Crippen LogP contribution in [0.15, 0.2) is 18.2 Å². The van der Waals surface area contributed by atoms with Gasteiger partial charge >= 0.3 is 10.4 Å². The molecule has 0 aromatic heterocycles. The van der Waals surface area contributed by atoms with Gasteiger partial charge in [0.05, 0.1) is 30.4 Å². The zero-order chi connectivity index (χ0) is 22.0. The van der Waals surface area contributed by atoms with Crippen molar-refractivity contribution in [3.63, 3.8) is 0 Å². The van der Waals surface area contributed by atoms with E-state index in [-0.39, 0.29) is 22.9 Å². The van der Waals surface area contributed by atoms with Crippen LogP contribution in [0.1, 0.15) is 40.0 Å². The smallest absolute Gasteiger partial charge is 0.397 e. The van der Waals surface area contributed by atoms with Gasteiger partial charge in [0.15, 0.2) is 0 Å². The van der Waals surface area contributed by atoms with Crippen molar-refractivity contribution in [1.29, 1.82) is 0 Å². The molecule has 4 N–H and O–H groups in total. The summed E-state index contributed by atoms with van der Waals surface area (Å²) in [4.78, 5) is 21.5. The van der Waals surface area contributed by atoms with Crippen molar-refractivity contribution < 1.29 is 31.6 Å². The van der Waals surface area contributed by atoms with Gasteiger partial charge in [0.2, 0.25) is 5.91 Å². The Balaban J connectivity index is 0.00000105. The number of benzene rings is 1. The fraction of sp³-hybridized carbons (Fsp3) is 0.562. The van der Waals surface area contributed by atoms with Crippen molar-refractivity contribution >= 4 is 27.7 Å². The molecule has 1 aromatic rings. The SMILES string of the molecule is CCC(N)(CC)CCOc1cc([N+](=O)[O-])ccc1NC(C)=O.COS(=O)(=O)O. The number of anilines is 1. The Morgan fingerprint density at radius 3 is 2.29 bits per heavy atom. The van der Waals surface area contributed by atoms with Crippen molar-refractivity contribution in [2.24, 2.45) is 5.73 Å². The van der Waals surface area contributed by atoms with Crippen LogP contribution in [0.3, 0.4) is 0 Å². The minimum absolute atomic E-state index is 0.0888. The molecule has 0 aliphatic carbocycles. The molecule has 160 valence electrons. The summed E-state index contributed by atoms with van der Waals surface area (Å²) in [6, 6.07) is 4.09. The van der Waals surface area contributed by atoms with Crippen LogP contribution in [0.2, 0.25) is 0 Å². The highest BCUT2D eigenvalue weighted by atomic mass is 32.3. The molecule has 0 bridgehead atoms. The molecule has 0 radical (unpaired) electrons. The number of amides is 1. The summed E-state index contributed by atoms with van der Waals surface area (Å²) < 4.78 is 35.3. The van der Waals surface area contributed by atoms with E-state index in [2.05, 4.69) is 9.50 Å². The number of nitrogens with zero attached hydrogens (tertiary/aromatic N) is 1. The van der Waals surface area contributed by atoms with Crippen molar-refractivity contribution in [2.75, 3.05) is 19.0 Å². The van der Waals surface area contributed by atoms with Crippen LogP contribution >= 0.6 is 0 Å². The van der Waals surface area contributed by atoms with E-state index in [1.165, 1.54) is 25.1 Å². The molecule has 0 saturated heterocycles. The summed E-state index contributed by atoms with van der Waals surface area (Å²) in [5.41, 5.74) is 6.21. The Morgan fingerprint density at radius 1 is 1.36 bits per heavy atom. The van der Waals surface area contributed by atoms with Gasteiger partial charge in [0.1, 0.15) is 5.75 Å². The van der Waals surface area contributed by atoms with Gasteiger partial charge in [-0.2, -0.15) is 8.42 Å². The number of hydrogen-bond donors (Lipinski definition) is 3. The number of nitrogens with one attached hydrogen (secondary N) is 1. The number of rotatable bonds is 9. The van der Waals surface area contributed by atoms with Crippen LogP contribution in [0, 0.1) is 10.1 Å². The first-order valence-corrected chi connectivity index (χ1v) is 9.74. The highest BCUT2D eigenvalue weighted by Gasteiger charge is 2.20. The van der Waals surface area contributed by atoms with Crippen LogP contribution in [0.5, 0.6) is 5.75 Å². The molecule has 0 unspecified atom stereocenters. The fourth-order valence-electron chi connectivity index (χ4n) is 2.00. The lowest BCUT2D eigenvalue weighted by molar-refractivity contribution is -0.384. The normalized spacial score (nSPS) is 11.2. The minimum atomic E-state index is -4.16. The quantitative estimate of drug-likeness (QED) is 0.307. The average molecular weight is 421 g/mol. The van der Waals surface area contributed by atoms with Gasteiger partial charge in [-0.1, -0.05) is 13.8 Å². The topological polar surface area (TPSA) is 171 Å². The minimum Gasteiger partial charge on any atom is -0.491 e. The molecule has 1 amide bonds. The first-order valence-electron chi connectivity index (χ1n) is 8.38. The number of hydrogen-bond acceptors (Lipinski definition) is 8. The van der Waals surface area contributed by atoms with Gasteiger partial charge in [-0.3, -0.25) is 23.6 Å². The number of nitro benzene ring substituents is 1. The van der Waals surface area contributed by atoms with E-state index in [0.717, 1.165) is 20.0 Å². The van der Waals surface area contributed by atoms with Crippen molar-refractivity contribution in [2.45, 2.75) is 45.6 Å². The maximum atomic E-state index is 11.2. The molecule has 28 heavy (non-hydrogen) atoms. The number of carbonyl (C=O) groups is 1. The van der Waals surface area contributed by atoms with Crippen LogP contribution in [0.4, 0.5) is 11.4 Å². The fourth-order valence-corrected chi connectivity index (χ4v) is 2.00. The average Bonchev–Trinajstić information content (AvgIpc) is 2.62.